The van der Waals surface area contributed by atoms with E-state index in [1.807, 2.05) is 12.3 Å². The minimum atomic E-state index is 0.577. The summed E-state index contributed by atoms with van der Waals surface area (Å²) in [6.07, 6.45) is 1.91. The van der Waals surface area contributed by atoms with Crippen molar-refractivity contribution in [1.29, 1.82) is 0 Å². The van der Waals surface area contributed by atoms with Crippen molar-refractivity contribution < 1.29 is 4.74 Å². The molecular weight excluding hydrogens is 200 g/mol. The van der Waals surface area contributed by atoms with Crippen molar-refractivity contribution in [2.24, 2.45) is 5.92 Å². The zero-order chi connectivity index (χ0) is 11.8. The van der Waals surface area contributed by atoms with Gasteiger partial charge in [0.25, 0.3) is 0 Å². The molecule has 0 aromatic carbocycles. The van der Waals surface area contributed by atoms with E-state index in [-0.39, 0.29) is 0 Å². The van der Waals surface area contributed by atoms with Crippen molar-refractivity contribution >= 4 is 0 Å². The molecule has 16 heavy (non-hydrogen) atoms. The van der Waals surface area contributed by atoms with E-state index in [2.05, 4.69) is 37.1 Å². The van der Waals surface area contributed by atoms with Gasteiger partial charge >= 0.3 is 0 Å². The van der Waals surface area contributed by atoms with Crippen LogP contribution in [-0.2, 0) is 17.9 Å². The number of pyridine rings is 1. The van der Waals surface area contributed by atoms with Crippen LogP contribution < -0.4 is 5.32 Å². The molecule has 0 radical (unpaired) electrons. The topological polar surface area (TPSA) is 34.1 Å². The van der Waals surface area contributed by atoms with Gasteiger partial charge in [-0.15, -0.1) is 0 Å². The number of aromatic nitrogens is 1. The zero-order valence-corrected chi connectivity index (χ0v) is 10.5. The lowest BCUT2D eigenvalue weighted by Gasteiger charge is -2.07. The van der Waals surface area contributed by atoms with E-state index in [9.17, 15) is 0 Å². The Morgan fingerprint density at radius 2 is 2.19 bits per heavy atom. The van der Waals surface area contributed by atoms with Crippen LogP contribution in [0.4, 0.5) is 0 Å². The molecule has 0 aliphatic rings. The molecule has 0 saturated carbocycles. The molecule has 1 N–H and O–H groups in total. The molecule has 0 aliphatic carbocycles. The fourth-order valence-corrected chi connectivity index (χ4v) is 1.31. The average Bonchev–Trinajstić information content (AvgIpc) is 2.27. The highest BCUT2D eigenvalue weighted by molar-refractivity contribution is 5.13. The predicted molar refractivity (Wildman–Crippen MR) is 66.1 cm³/mol. The maximum Gasteiger partial charge on any atom is 0.0887 e. The minimum Gasteiger partial charge on any atom is -0.375 e. The second kappa shape index (κ2) is 7.36. The van der Waals surface area contributed by atoms with Gasteiger partial charge in [-0.2, -0.15) is 0 Å². The molecule has 3 heteroatoms. The van der Waals surface area contributed by atoms with Crippen LogP contribution in [0.25, 0.3) is 0 Å². The summed E-state index contributed by atoms with van der Waals surface area (Å²) in [6, 6.07) is 4.14. The molecule has 1 aromatic heterocycles. The third-order valence-electron chi connectivity index (χ3n) is 2.17. The van der Waals surface area contributed by atoms with E-state index in [1.165, 1.54) is 5.56 Å². The summed E-state index contributed by atoms with van der Waals surface area (Å²) in [5.74, 6) is 0.577. The van der Waals surface area contributed by atoms with E-state index >= 15 is 0 Å². The normalized spacial score (nSPS) is 11.0. The van der Waals surface area contributed by atoms with Gasteiger partial charge < -0.3 is 10.1 Å². The van der Waals surface area contributed by atoms with Gasteiger partial charge in [0.05, 0.1) is 12.3 Å². The first kappa shape index (κ1) is 13.1. The average molecular weight is 222 g/mol. The fraction of sp³-hybridized carbons (Fsp3) is 0.615. The van der Waals surface area contributed by atoms with Gasteiger partial charge in [0.2, 0.25) is 0 Å². The molecule has 0 aliphatic heterocycles. The van der Waals surface area contributed by atoms with Crippen LogP contribution in [0, 0.1) is 5.92 Å². The highest BCUT2D eigenvalue weighted by Gasteiger charge is 1.98. The van der Waals surface area contributed by atoms with Crippen LogP contribution in [0.3, 0.4) is 0 Å². The highest BCUT2D eigenvalue weighted by atomic mass is 16.5. The van der Waals surface area contributed by atoms with Gasteiger partial charge in [-0.3, -0.25) is 4.98 Å². The minimum absolute atomic E-state index is 0.577. The maximum absolute atomic E-state index is 5.52. The van der Waals surface area contributed by atoms with Crippen LogP contribution in [0.5, 0.6) is 0 Å². The first-order valence-electron chi connectivity index (χ1n) is 5.94. The number of nitrogens with zero attached hydrogens (tertiary/aromatic N) is 1. The van der Waals surface area contributed by atoms with Crippen molar-refractivity contribution in [2.45, 2.75) is 33.9 Å². The Morgan fingerprint density at radius 3 is 2.75 bits per heavy atom. The Hall–Kier alpha value is -0.930. The number of hydrogen-bond acceptors (Lipinski definition) is 3. The molecule has 0 unspecified atom stereocenters. The van der Waals surface area contributed by atoms with Crippen LogP contribution in [0.15, 0.2) is 18.3 Å². The Balaban J connectivity index is 2.33. The number of rotatable bonds is 7. The van der Waals surface area contributed by atoms with Crippen molar-refractivity contribution in [1.82, 2.24) is 10.3 Å². The zero-order valence-electron chi connectivity index (χ0n) is 10.5. The maximum atomic E-state index is 5.52. The quantitative estimate of drug-likeness (QED) is 0.769. The van der Waals surface area contributed by atoms with Gasteiger partial charge in [-0.1, -0.05) is 26.8 Å². The lowest BCUT2D eigenvalue weighted by Crippen LogP contribution is -2.12. The summed E-state index contributed by atoms with van der Waals surface area (Å²) in [5, 5.41) is 3.27. The monoisotopic (exact) mass is 222 g/mol. The standard InChI is InChI=1S/C13H22N2O/c1-4-14-7-12-5-6-13(15-8-12)10-16-9-11(2)3/h5-6,8,11,14H,4,7,9-10H2,1-3H3. The number of ether oxygens (including phenoxy) is 1. The Labute approximate surface area is 98.2 Å². The molecule has 0 fully saturated rings. The summed E-state index contributed by atoms with van der Waals surface area (Å²) in [4.78, 5) is 4.36. The van der Waals surface area contributed by atoms with Crippen LogP contribution in [0.2, 0.25) is 0 Å². The molecule has 0 atom stereocenters. The second-order valence-electron chi connectivity index (χ2n) is 4.35. The Bertz CT molecular complexity index is 282. The lowest BCUT2D eigenvalue weighted by atomic mass is 10.2. The first-order chi connectivity index (χ1) is 7.72. The fourth-order valence-electron chi connectivity index (χ4n) is 1.31. The number of nitrogens with one attached hydrogen (secondary N) is 1. The summed E-state index contributed by atoms with van der Waals surface area (Å²) in [7, 11) is 0. The molecule has 1 heterocycles. The predicted octanol–water partition coefficient (Wildman–Crippen LogP) is 2.36. The van der Waals surface area contributed by atoms with Gasteiger partial charge in [-0.05, 0) is 24.1 Å². The summed E-state index contributed by atoms with van der Waals surface area (Å²) in [5.41, 5.74) is 2.22. The van der Waals surface area contributed by atoms with E-state index in [1.54, 1.807) is 0 Å². The van der Waals surface area contributed by atoms with Gasteiger partial charge in [0.15, 0.2) is 0 Å². The van der Waals surface area contributed by atoms with E-state index < -0.39 is 0 Å². The molecule has 0 bridgehead atoms. The third-order valence-corrected chi connectivity index (χ3v) is 2.17. The van der Waals surface area contributed by atoms with Gasteiger partial charge in [0, 0.05) is 19.3 Å². The third kappa shape index (κ3) is 5.24. The van der Waals surface area contributed by atoms with Crippen LogP contribution >= 0.6 is 0 Å². The molecule has 0 saturated heterocycles. The largest absolute Gasteiger partial charge is 0.375 e. The molecule has 90 valence electrons. The summed E-state index contributed by atoms with van der Waals surface area (Å²) >= 11 is 0. The number of hydrogen-bond donors (Lipinski definition) is 1. The van der Waals surface area contributed by atoms with Crippen molar-refractivity contribution in [3.63, 3.8) is 0 Å². The first-order valence-corrected chi connectivity index (χ1v) is 5.94. The van der Waals surface area contributed by atoms with Gasteiger partial charge in [-0.25, -0.2) is 0 Å². The van der Waals surface area contributed by atoms with Crippen LogP contribution in [0.1, 0.15) is 32.0 Å². The SMILES string of the molecule is CCNCc1ccc(COCC(C)C)nc1. The Kier molecular flexibility index (Phi) is 6.04. The molecule has 0 spiro atoms. The van der Waals surface area contributed by atoms with Crippen molar-refractivity contribution in [3.8, 4) is 0 Å². The van der Waals surface area contributed by atoms with E-state index in [0.717, 1.165) is 25.4 Å². The van der Waals surface area contributed by atoms with Gasteiger partial charge in [0.1, 0.15) is 0 Å². The Morgan fingerprint density at radius 1 is 1.38 bits per heavy atom. The molecule has 1 rings (SSSR count). The smallest absolute Gasteiger partial charge is 0.0887 e. The van der Waals surface area contributed by atoms with E-state index in [0.29, 0.717) is 12.5 Å². The van der Waals surface area contributed by atoms with Crippen molar-refractivity contribution in [3.05, 3.63) is 29.6 Å². The molecular formula is C13H22N2O. The lowest BCUT2D eigenvalue weighted by molar-refractivity contribution is 0.0948. The second-order valence-corrected chi connectivity index (χ2v) is 4.35. The summed E-state index contributed by atoms with van der Waals surface area (Å²) in [6.45, 7) is 9.66. The summed E-state index contributed by atoms with van der Waals surface area (Å²) < 4.78 is 5.52. The molecule has 0 amide bonds. The van der Waals surface area contributed by atoms with E-state index in [4.69, 9.17) is 4.74 Å². The molecule has 1 aromatic rings. The van der Waals surface area contributed by atoms with Crippen molar-refractivity contribution in [2.75, 3.05) is 13.2 Å². The van der Waals surface area contributed by atoms with Crippen LogP contribution in [-0.4, -0.2) is 18.1 Å². The molecule has 3 nitrogen and oxygen atoms in total. The highest BCUT2D eigenvalue weighted by Crippen LogP contribution is 2.03.